The second-order valence-electron chi connectivity index (χ2n) is 13.6. The maximum atomic E-state index is 11.5. The SMILES string of the molecule is CC(C)(C)CC(C)(C(O)OC(C)(C)C12CC3CC(CC(C3)C1)C2)C(C)(C)C. The third kappa shape index (κ3) is 3.87. The minimum Gasteiger partial charge on any atom is -0.367 e. The third-order valence-electron chi connectivity index (χ3n) is 8.88. The van der Waals surface area contributed by atoms with Crippen molar-refractivity contribution in [3.05, 3.63) is 0 Å². The highest BCUT2D eigenvalue weighted by atomic mass is 16.6. The number of rotatable bonds is 5. The van der Waals surface area contributed by atoms with E-state index in [1.165, 1.54) is 38.5 Å². The standard InChI is InChI=1S/C25H46O2/c1-21(2,3)16-24(9,22(4,5)6)20(26)27-23(7,8)25-13-17-10-18(14-25)12-19(11-17)15-25/h17-20,26H,10-16H2,1-9H3. The van der Waals surface area contributed by atoms with Crippen LogP contribution >= 0.6 is 0 Å². The highest BCUT2D eigenvalue weighted by Crippen LogP contribution is 2.65. The Balaban J connectivity index is 1.83. The summed E-state index contributed by atoms with van der Waals surface area (Å²) in [4.78, 5) is 0. The topological polar surface area (TPSA) is 29.5 Å². The molecular weight excluding hydrogens is 332 g/mol. The molecule has 0 aromatic rings. The van der Waals surface area contributed by atoms with Gasteiger partial charge in [-0.05, 0) is 92.8 Å². The van der Waals surface area contributed by atoms with Gasteiger partial charge in [-0.15, -0.1) is 0 Å². The largest absolute Gasteiger partial charge is 0.367 e. The summed E-state index contributed by atoms with van der Waals surface area (Å²) in [6, 6.07) is 0. The van der Waals surface area contributed by atoms with Gasteiger partial charge in [0, 0.05) is 5.41 Å². The van der Waals surface area contributed by atoms with Gasteiger partial charge in [-0.25, -0.2) is 0 Å². The van der Waals surface area contributed by atoms with Gasteiger partial charge in [-0.1, -0.05) is 48.5 Å². The molecule has 0 aromatic heterocycles. The molecule has 4 saturated carbocycles. The Hall–Kier alpha value is -0.0800. The van der Waals surface area contributed by atoms with Crippen LogP contribution < -0.4 is 0 Å². The molecule has 2 atom stereocenters. The van der Waals surface area contributed by atoms with Crippen LogP contribution in [0.15, 0.2) is 0 Å². The van der Waals surface area contributed by atoms with E-state index in [9.17, 15) is 5.11 Å². The van der Waals surface area contributed by atoms with Crippen molar-refractivity contribution in [2.45, 2.75) is 119 Å². The summed E-state index contributed by atoms with van der Waals surface area (Å²) in [5.41, 5.74) is -0.171. The average molecular weight is 379 g/mol. The molecule has 4 bridgehead atoms. The van der Waals surface area contributed by atoms with Crippen molar-refractivity contribution in [3.63, 3.8) is 0 Å². The van der Waals surface area contributed by atoms with E-state index in [4.69, 9.17) is 4.74 Å². The molecule has 0 spiro atoms. The van der Waals surface area contributed by atoms with E-state index in [2.05, 4.69) is 62.3 Å². The lowest BCUT2D eigenvalue weighted by atomic mass is 9.45. The molecule has 27 heavy (non-hydrogen) atoms. The van der Waals surface area contributed by atoms with Crippen molar-refractivity contribution in [2.24, 2.45) is 39.4 Å². The second kappa shape index (κ2) is 6.46. The molecule has 1 N–H and O–H groups in total. The fourth-order valence-electron chi connectivity index (χ4n) is 7.21. The first-order chi connectivity index (χ1) is 12.1. The van der Waals surface area contributed by atoms with E-state index in [0.29, 0.717) is 0 Å². The van der Waals surface area contributed by atoms with E-state index >= 15 is 0 Å². The average Bonchev–Trinajstić information content (AvgIpc) is 2.41. The monoisotopic (exact) mass is 378 g/mol. The van der Waals surface area contributed by atoms with Gasteiger partial charge < -0.3 is 9.84 Å². The zero-order valence-corrected chi connectivity index (χ0v) is 19.6. The Bertz CT molecular complexity index is 512. The summed E-state index contributed by atoms with van der Waals surface area (Å²) < 4.78 is 6.72. The molecular formula is C25H46O2. The Kier molecular flexibility index (Phi) is 5.17. The fraction of sp³-hybridized carbons (Fsp3) is 1.00. The summed E-state index contributed by atoms with van der Waals surface area (Å²) in [5, 5.41) is 11.5. The van der Waals surface area contributed by atoms with Gasteiger partial charge >= 0.3 is 0 Å². The highest BCUT2D eigenvalue weighted by Gasteiger charge is 2.59. The molecule has 2 heteroatoms. The predicted molar refractivity (Wildman–Crippen MR) is 113 cm³/mol. The summed E-state index contributed by atoms with van der Waals surface area (Å²) in [5.74, 6) is 2.71. The molecule has 0 saturated heterocycles. The van der Waals surface area contributed by atoms with Gasteiger partial charge in [0.2, 0.25) is 0 Å². The zero-order chi connectivity index (χ0) is 20.5. The summed E-state index contributed by atoms with van der Waals surface area (Å²) in [7, 11) is 0. The highest BCUT2D eigenvalue weighted by molar-refractivity contribution is 5.08. The minimum absolute atomic E-state index is 0.0305. The third-order valence-corrected chi connectivity index (χ3v) is 8.88. The number of aliphatic hydroxyl groups is 1. The van der Waals surface area contributed by atoms with Crippen LogP contribution in [0.4, 0.5) is 0 Å². The van der Waals surface area contributed by atoms with E-state index < -0.39 is 6.29 Å². The molecule has 2 nitrogen and oxygen atoms in total. The number of hydrogen-bond donors (Lipinski definition) is 1. The molecule has 4 aliphatic rings. The van der Waals surface area contributed by atoms with Crippen molar-refractivity contribution in [1.82, 2.24) is 0 Å². The van der Waals surface area contributed by atoms with Crippen LogP contribution in [0.3, 0.4) is 0 Å². The van der Waals surface area contributed by atoms with Gasteiger partial charge in [0.05, 0.1) is 5.60 Å². The normalized spacial score (nSPS) is 37.3. The number of hydrogen-bond acceptors (Lipinski definition) is 2. The van der Waals surface area contributed by atoms with Gasteiger partial charge in [0.1, 0.15) is 0 Å². The Morgan fingerprint density at radius 1 is 0.815 bits per heavy atom. The number of aliphatic hydroxyl groups excluding tert-OH is 1. The predicted octanol–water partition coefficient (Wildman–Crippen LogP) is 6.81. The minimum atomic E-state index is -0.736. The van der Waals surface area contributed by atoms with Crippen LogP contribution in [0.5, 0.6) is 0 Å². The maximum Gasteiger partial charge on any atom is 0.161 e. The van der Waals surface area contributed by atoms with Crippen LogP contribution in [0.1, 0.15) is 107 Å². The molecule has 0 radical (unpaired) electrons. The number of ether oxygens (including phenoxy) is 1. The molecule has 4 fully saturated rings. The first kappa shape index (κ1) is 21.6. The summed E-state index contributed by atoms with van der Waals surface area (Å²) in [6.45, 7) is 20.4. The van der Waals surface area contributed by atoms with Crippen molar-refractivity contribution < 1.29 is 9.84 Å². The molecule has 4 rings (SSSR count). The van der Waals surface area contributed by atoms with Gasteiger partial charge in [-0.3, -0.25) is 0 Å². The van der Waals surface area contributed by atoms with Crippen molar-refractivity contribution in [2.75, 3.05) is 0 Å². The van der Waals surface area contributed by atoms with Crippen molar-refractivity contribution >= 4 is 0 Å². The maximum absolute atomic E-state index is 11.5. The van der Waals surface area contributed by atoms with E-state index in [1.54, 1.807) is 0 Å². The molecule has 0 aromatic carbocycles. The second-order valence-corrected chi connectivity index (χ2v) is 13.6. The molecule has 0 aliphatic heterocycles. The first-order valence-electron chi connectivity index (χ1n) is 11.4. The Labute approximate surface area is 168 Å². The van der Waals surface area contributed by atoms with Gasteiger partial charge in [-0.2, -0.15) is 0 Å². The van der Waals surface area contributed by atoms with Crippen LogP contribution in [0.2, 0.25) is 0 Å². The van der Waals surface area contributed by atoms with Crippen LogP contribution in [0.25, 0.3) is 0 Å². The summed E-state index contributed by atoms with van der Waals surface area (Å²) in [6.07, 6.45) is 8.48. The fourth-order valence-corrected chi connectivity index (χ4v) is 7.21. The van der Waals surface area contributed by atoms with Crippen molar-refractivity contribution in [1.29, 1.82) is 0 Å². The molecule has 2 unspecified atom stereocenters. The lowest BCUT2D eigenvalue weighted by molar-refractivity contribution is -0.297. The smallest absolute Gasteiger partial charge is 0.161 e. The van der Waals surface area contributed by atoms with Crippen molar-refractivity contribution in [3.8, 4) is 0 Å². The van der Waals surface area contributed by atoms with Crippen LogP contribution in [-0.4, -0.2) is 17.0 Å². The van der Waals surface area contributed by atoms with E-state index in [1.807, 2.05) is 0 Å². The van der Waals surface area contributed by atoms with Gasteiger partial charge in [0.25, 0.3) is 0 Å². The Morgan fingerprint density at radius 3 is 1.56 bits per heavy atom. The summed E-state index contributed by atoms with van der Waals surface area (Å²) >= 11 is 0. The van der Waals surface area contributed by atoms with Gasteiger partial charge in [0.15, 0.2) is 6.29 Å². The van der Waals surface area contributed by atoms with E-state index in [0.717, 1.165) is 24.2 Å². The first-order valence-corrected chi connectivity index (χ1v) is 11.4. The lowest BCUT2D eigenvalue weighted by Gasteiger charge is -2.63. The van der Waals surface area contributed by atoms with E-state index in [-0.39, 0.29) is 27.3 Å². The molecule has 0 heterocycles. The van der Waals surface area contributed by atoms with Crippen LogP contribution in [-0.2, 0) is 4.74 Å². The Morgan fingerprint density at radius 2 is 1.22 bits per heavy atom. The molecule has 0 amide bonds. The molecule has 158 valence electrons. The quantitative estimate of drug-likeness (QED) is 0.533. The zero-order valence-electron chi connectivity index (χ0n) is 19.6. The lowest BCUT2D eigenvalue weighted by Crippen LogP contribution is -2.59. The molecule has 4 aliphatic carbocycles. The van der Waals surface area contributed by atoms with Crippen LogP contribution in [0, 0.1) is 39.4 Å².